The van der Waals surface area contributed by atoms with Gasteiger partial charge < -0.3 is 20.3 Å². The van der Waals surface area contributed by atoms with Crippen LogP contribution in [0.25, 0.3) is 0 Å². The molecule has 1 aromatic heterocycles. The SMILES string of the molecule is CN=C(NCCc1csc(N2CCCC2)n1)NCc1ccc(C)cc1OC(C)(C)C. The highest BCUT2D eigenvalue weighted by Crippen LogP contribution is 2.25. The van der Waals surface area contributed by atoms with Gasteiger partial charge in [-0.1, -0.05) is 12.1 Å². The van der Waals surface area contributed by atoms with Crippen LogP contribution in [0.5, 0.6) is 5.75 Å². The summed E-state index contributed by atoms with van der Waals surface area (Å²) in [5.74, 6) is 1.70. The van der Waals surface area contributed by atoms with Crippen LogP contribution in [-0.4, -0.2) is 43.2 Å². The van der Waals surface area contributed by atoms with Crippen molar-refractivity contribution in [2.24, 2.45) is 4.99 Å². The normalized spacial score (nSPS) is 14.8. The van der Waals surface area contributed by atoms with Gasteiger partial charge in [-0.3, -0.25) is 4.99 Å². The Morgan fingerprint density at radius 1 is 1.23 bits per heavy atom. The van der Waals surface area contributed by atoms with Crippen molar-refractivity contribution < 1.29 is 4.74 Å². The summed E-state index contributed by atoms with van der Waals surface area (Å²) < 4.78 is 6.15. The number of nitrogens with one attached hydrogen (secondary N) is 2. The largest absolute Gasteiger partial charge is 0.488 e. The van der Waals surface area contributed by atoms with E-state index in [4.69, 9.17) is 9.72 Å². The lowest BCUT2D eigenvalue weighted by Crippen LogP contribution is -2.38. The molecule has 0 radical (unpaired) electrons. The molecule has 164 valence electrons. The van der Waals surface area contributed by atoms with Gasteiger partial charge >= 0.3 is 0 Å². The van der Waals surface area contributed by atoms with E-state index < -0.39 is 0 Å². The van der Waals surface area contributed by atoms with Gasteiger partial charge in [0, 0.05) is 50.6 Å². The van der Waals surface area contributed by atoms with Gasteiger partial charge in [0.05, 0.1) is 5.69 Å². The van der Waals surface area contributed by atoms with Crippen LogP contribution < -0.4 is 20.3 Å². The monoisotopic (exact) mass is 429 g/mol. The molecule has 1 aromatic carbocycles. The van der Waals surface area contributed by atoms with Crippen LogP contribution in [0.15, 0.2) is 28.6 Å². The molecule has 1 saturated heterocycles. The summed E-state index contributed by atoms with van der Waals surface area (Å²) in [4.78, 5) is 11.5. The molecule has 0 bridgehead atoms. The average molecular weight is 430 g/mol. The number of guanidine groups is 1. The first-order valence-electron chi connectivity index (χ1n) is 10.8. The van der Waals surface area contributed by atoms with Gasteiger partial charge in [0.15, 0.2) is 11.1 Å². The topological polar surface area (TPSA) is 61.8 Å². The molecule has 0 saturated carbocycles. The molecule has 2 aromatic rings. The van der Waals surface area contributed by atoms with E-state index >= 15 is 0 Å². The first-order valence-corrected chi connectivity index (χ1v) is 11.6. The van der Waals surface area contributed by atoms with Crippen molar-refractivity contribution in [2.45, 2.75) is 59.1 Å². The Kier molecular flexibility index (Phi) is 7.58. The predicted molar refractivity (Wildman–Crippen MR) is 127 cm³/mol. The quantitative estimate of drug-likeness (QED) is 0.512. The summed E-state index contributed by atoms with van der Waals surface area (Å²) in [7, 11) is 1.80. The second-order valence-corrected chi connectivity index (χ2v) is 9.58. The molecule has 30 heavy (non-hydrogen) atoms. The highest BCUT2D eigenvalue weighted by Gasteiger charge is 2.16. The predicted octanol–water partition coefficient (Wildman–Crippen LogP) is 4.14. The Morgan fingerprint density at radius 2 is 2.00 bits per heavy atom. The molecule has 0 aliphatic carbocycles. The van der Waals surface area contributed by atoms with E-state index in [2.05, 4.69) is 71.8 Å². The summed E-state index contributed by atoms with van der Waals surface area (Å²) in [6.07, 6.45) is 3.44. The van der Waals surface area contributed by atoms with E-state index in [0.29, 0.717) is 6.54 Å². The molecule has 1 aliphatic heterocycles. The van der Waals surface area contributed by atoms with E-state index in [1.54, 1.807) is 18.4 Å². The van der Waals surface area contributed by atoms with E-state index in [9.17, 15) is 0 Å². The molecular weight excluding hydrogens is 394 g/mol. The summed E-state index contributed by atoms with van der Waals surface area (Å²) >= 11 is 1.75. The number of nitrogens with zero attached hydrogens (tertiary/aromatic N) is 3. The number of thiazole rings is 1. The van der Waals surface area contributed by atoms with Crippen molar-refractivity contribution >= 4 is 22.4 Å². The third-order valence-electron chi connectivity index (χ3n) is 4.90. The van der Waals surface area contributed by atoms with Crippen molar-refractivity contribution in [2.75, 3.05) is 31.6 Å². The highest BCUT2D eigenvalue weighted by molar-refractivity contribution is 7.13. The van der Waals surface area contributed by atoms with Crippen LogP contribution >= 0.6 is 11.3 Å². The Bertz CT molecular complexity index is 850. The van der Waals surface area contributed by atoms with E-state index in [1.165, 1.54) is 18.4 Å². The maximum absolute atomic E-state index is 6.15. The van der Waals surface area contributed by atoms with Gasteiger partial charge in [-0.15, -0.1) is 11.3 Å². The molecule has 0 atom stereocenters. The Labute approximate surface area is 184 Å². The fraction of sp³-hybridized carbons (Fsp3) is 0.565. The molecular formula is C23H35N5OS. The summed E-state index contributed by atoms with van der Waals surface area (Å²) in [5, 5.41) is 10.1. The molecule has 7 heteroatoms. The second kappa shape index (κ2) is 10.2. The molecule has 0 unspecified atom stereocenters. The van der Waals surface area contributed by atoms with Crippen LogP contribution in [0.3, 0.4) is 0 Å². The molecule has 2 heterocycles. The van der Waals surface area contributed by atoms with Crippen molar-refractivity contribution in [3.05, 3.63) is 40.4 Å². The fourth-order valence-electron chi connectivity index (χ4n) is 3.41. The molecule has 6 nitrogen and oxygen atoms in total. The molecule has 2 N–H and O–H groups in total. The molecule has 1 aliphatic rings. The fourth-order valence-corrected chi connectivity index (χ4v) is 4.32. The third kappa shape index (κ3) is 6.62. The number of rotatable bonds is 7. The van der Waals surface area contributed by atoms with Crippen LogP contribution in [0.2, 0.25) is 0 Å². The van der Waals surface area contributed by atoms with Crippen molar-refractivity contribution in [3.63, 3.8) is 0 Å². The number of aromatic nitrogens is 1. The van der Waals surface area contributed by atoms with E-state index in [0.717, 1.165) is 54.2 Å². The molecule has 0 spiro atoms. The van der Waals surface area contributed by atoms with Crippen LogP contribution in [0.1, 0.15) is 50.4 Å². The smallest absolute Gasteiger partial charge is 0.191 e. The summed E-state index contributed by atoms with van der Waals surface area (Å²) in [6, 6.07) is 6.33. The number of hydrogen-bond acceptors (Lipinski definition) is 5. The number of aliphatic imine (C=N–C) groups is 1. The van der Waals surface area contributed by atoms with Gasteiger partial charge in [-0.25, -0.2) is 4.98 Å². The second-order valence-electron chi connectivity index (χ2n) is 8.74. The van der Waals surface area contributed by atoms with Crippen molar-refractivity contribution in [1.29, 1.82) is 0 Å². The summed E-state index contributed by atoms with van der Waals surface area (Å²) in [6.45, 7) is 12.0. The van der Waals surface area contributed by atoms with Crippen LogP contribution in [0.4, 0.5) is 5.13 Å². The highest BCUT2D eigenvalue weighted by atomic mass is 32.1. The summed E-state index contributed by atoms with van der Waals surface area (Å²) in [5.41, 5.74) is 3.22. The average Bonchev–Trinajstić information content (AvgIpc) is 3.36. The molecule has 3 rings (SSSR count). The van der Waals surface area contributed by atoms with E-state index in [-0.39, 0.29) is 5.60 Å². The third-order valence-corrected chi connectivity index (χ3v) is 5.85. The minimum absolute atomic E-state index is 0.232. The number of aryl methyl sites for hydroxylation is 1. The molecule has 1 fully saturated rings. The van der Waals surface area contributed by atoms with Gasteiger partial charge in [0.2, 0.25) is 0 Å². The van der Waals surface area contributed by atoms with Crippen molar-refractivity contribution in [3.8, 4) is 5.75 Å². The minimum Gasteiger partial charge on any atom is -0.488 e. The number of benzene rings is 1. The number of anilines is 1. The maximum Gasteiger partial charge on any atom is 0.191 e. The molecule has 0 amide bonds. The first-order chi connectivity index (χ1) is 14.3. The van der Waals surface area contributed by atoms with Crippen LogP contribution in [0, 0.1) is 6.92 Å². The lowest BCUT2D eigenvalue weighted by Gasteiger charge is -2.24. The minimum atomic E-state index is -0.232. The number of hydrogen-bond donors (Lipinski definition) is 2. The lowest BCUT2D eigenvalue weighted by molar-refractivity contribution is 0.129. The zero-order chi connectivity index (χ0) is 21.6. The zero-order valence-electron chi connectivity index (χ0n) is 18.9. The maximum atomic E-state index is 6.15. The van der Waals surface area contributed by atoms with Crippen molar-refractivity contribution in [1.82, 2.24) is 15.6 Å². The Hall–Kier alpha value is -2.28. The van der Waals surface area contributed by atoms with Gasteiger partial charge in [-0.2, -0.15) is 0 Å². The van der Waals surface area contributed by atoms with Gasteiger partial charge in [-0.05, 0) is 52.2 Å². The van der Waals surface area contributed by atoms with Crippen LogP contribution in [-0.2, 0) is 13.0 Å². The van der Waals surface area contributed by atoms with E-state index in [1.807, 2.05) is 0 Å². The Morgan fingerprint density at radius 3 is 2.70 bits per heavy atom. The lowest BCUT2D eigenvalue weighted by atomic mass is 10.1. The first kappa shape index (κ1) is 22.4. The zero-order valence-corrected chi connectivity index (χ0v) is 19.7. The Balaban J connectivity index is 1.49. The number of ether oxygens (including phenoxy) is 1. The van der Waals surface area contributed by atoms with Gasteiger partial charge in [0.25, 0.3) is 0 Å². The van der Waals surface area contributed by atoms with Gasteiger partial charge in [0.1, 0.15) is 11.4 Å². The standard InChI is InChI=1S/C23H35N5OS/c1-17-8-9-18(20(14-17)29-23(2,3)4)15-26-21(24-5)25-11-10-19-16-30-22(27-19)28-12-6-7-13-28/h8-9,14,16H,6-7,10-13,15H2,1-5H3,(H2,24,25,26).